The van der Waals surface area contributed by atoms with Crippen molar-refractivity contribution in [1.82, 2.24) is 0 Å². The summed E-state index contributed by atoms with van der Waals surface area (Å²) in [5, 5.41) is 0. The predicted molar refractivity (Wildman–Crippen MR) is 154 cm³/mol. The highest BCUT2D eigenvalue weighted by atomic mass is 32.2. The first-order valence-electron chi connectivity index (χ1n) is 13.6. The third kappa shape index (κ3) is 7.68. The van der Waals surface area contributed by atoms with Gasteiger partial charge in [-0.1, -0.05) is 19.1 Å². The summed E-state index contributed by atoms with van der Waals surface area (Å²) in [4.78, 5) is 23.1. The third-order valence-electron chi connectivity index (χ3n) is 7.85. The minimum Gasteiger partial charge on any atom is -0.399 e. The Bertz CT molecular complexity index is 1620. The Morgan fingerprint density at radius 3 is 1.89 bits per heavy atom. The second-order valence-corrected chi connectivity index (χ2v) is 13.0. The second kappa shape index (κ2) is 12.5. The van der Waals surface area contributed by atoms with Gasteiger partial charge in [0.2, 0.25) is 9.84 Å². The van der Waals surface area contributed by atoms with Crippen LogP contribution in [0.15, 0.2) is 82.6 Å². The first kappa shape index (κ1) is 34.0. The number of hydrogen-bond acceptors (Lipinski definition) is 7. The Morgan fingerprint density at radius 2 is 1.40 bits per heavy atom. The van der Waals surface area contributed by atoms with Crippen molar-refractivity contribution < 1.29 is 49.3 Å². The molecule has 0 unspecified atom stereocenters. The number of carbonyl (C=O) groups excluding carboxylic acids is 1. The molecule has 3 aromatic rings. The summed E-state index contributed by atoms with van der Waals surface area (Å²) < 4.78 is 103. The van der Waals surface area contributed by atoms with E-state index in [0.717, 1.165) is 12.1 Å². The number of ketones is 1. The highest BCUT2D eigenvalue weighted by molar-refractivity contribution is 7.91. The zero-order valence-electron chi connectivity index (χ0n) is 24.0. The van der Waals surface area contributed by atoms with E-state index in [1.807, 2.05) is 0 Å². The van der Waals surface area contributed by atoms with Gasteiger partial charge < -0.3 is 11.5 Å². The van der Waals surface area contributed by atoms with Crippen molar-refractivity contribution in [3.05, 3.63) is 89.5 Å². The van der Waals surface area contributed by atoms with Crippen molar-refractivity contribution in [3.63, 3.8) is 0 Å². The summed E-state index contributed by atoms with van der Waals surface area (Å²) in [5.74, 6) is -0.638. The second-order valence-electron chi connectivity index (χ2n) is 11.1. The number of fused-ring (bicyclic) bond motifs is 2. The largest absolute Gasteiger partial charge is 0.417 e. The number of Topliss-reactive ketones (excluding diaryl/α,β-unsaturated/α-hetero) is 1. The Hall–Kier alpha value is -3.88. The normalized spacial score (nSPS) is 23.8. The van der Waals surface area contributed by atoms with Crippen LogP contribution in [0.25, 0.3) is 6.08 Å². The van der Waals surface area contributed by atoms with Crippen LogP contribution in [0.2, 0.25) is 0 Å². The van der Waals surface area contributed by atoms with Gasteiger partial charge in [0.1, 0.15) is 17.5 Å². The van der Waals surface area contributed by atoms with Crippen LogP contribution in [0.4, 0.5) is 37.7 Å². The summed E-state index contributed by atoms with van der Waals surface area (Å²) in [7, 11) is -3.48. The number of rotatable bonds is 4. The Balaban J connectivity index is 0.000000231. The van der Waals surface area contributed by atoms with Crippen molar-refractivity contribution in [1.29, 1.82) is 0 Å². The number of halogens is 6. The quantitative estimate of drug-likeness (QED) is 0.174. The molecule has 0 amide bonds. The predicted octanol–water partition coefficient (Wildman–Crippen LogP) is 7.13. The van der Waals surface area contributed by atoms with Crippen molar-refractivity contribution in [2.75, 3.05) is 11.5 Å². The van der Waals surface area contributed by atoms with Gasteiger partial charge in [-0.2, -0.15) is 26.3 Å². The Kier molecular flexibility index (Phi) is 9.44. The van der Waals surface area contributed by atoms with Gasteiger partial charge >= 0.3 is 12.4 Å². The third-order valence-corrected chi connectivity index (χ3v) is 9.64. The molecule has 2 bridgehead atoms. The van der Waals surface area contributed by atoms with E-state index >= 15 is 0 Å². The number of alkyl halides is 6. The minimum atomic E-state index is -4.97. The van der Waals surface area contributed by atoms with Gasteiger partial charge in [0.15, 0.2) is 0 Å². The van der Waals surface area contributed by atoms with Crippen LogP contribution in [-0.2, 0) is 36.8 Å². The average Bonchev–Trinajstić information content (AvgIpc) is 2.96. The molecule has 1 aliphatic carbocycles. The molecule has 2 fully saturated rings. The zero-order valence-corrected chi connectivity index (χ0v) is 24.8. The maximum absolute atomic E-state index is 13.3. The van der Waals surface area contributed by atoms with Crippen LogP contribution in [0.1, 0.15) is 43.4 Å². The molecule has 7 nitrogen and oxygen atoms in total. The molecule has 5 rings (SSSR count). The topological polar surface area (TPSA) is 122 Å². The van der Waals surface area contributed by atoms with E-state index in [2.05, 4.69) is 0 Å². The highest BCUT2D eigenvalue weighted by Gasteiger charge is 2.49. The summed E-state index contributed by atoms with van der Waals surface area (Å²) in [6.07, 6.45) is -7.18. The fraction of sp³-hybridized carbons (Fsp3) is 0.323. The van der Waals surface area contributed by atoms with E-state index in [4.69, 9.17) is 21.2 Å². The standard InChI is InChI=1S/C19H18F6O3.C12H12N2O2S/c1-10-15(26)8-13-9-16(10)27-28-17(13,2)6-5-11-3-4-12(18(20,21)22)7-14(11)19(23,24)25;13-9-1-5-11(6-2-9)17(15,16)12-7-3-10(14)4-8-12/h3-7,10,13,16H,8-9H2,1-2H3;1-8H,13-14H2/b6-5-;/t10-,13+,16+,17+;/m1./s1. The number of nitrogen functional groups attached to an aromatic ring is 2. The maximum atomic E-state index is 13.3. The van der Waals surface area contributed by atoms with Crippen molar-refractivity contribution in [2.45, 2.75) is 60.5 Å². The highest BCUT2D eigenvalue weighted by Crippen LogP contribution is 2.44. The molecule has 0 aromatic heterocycles. The lowest BCUT2D eigenvalue weighted by atomic mass is 9.71. The lowest BCUT2D eigenvalue weighted by Gasteiger charge is -2.45. The van der Waals surface area contributed by atoms with Gasteiger partial charge in [-0.15, -0.1) is 0 Å². The summed E-state index contributed by atoms with van der Waals surface area (Å²) >= 11 is 0. The molecule has 242 valence electrons. The van der Waals surface area contributed by atoms with Gasteiger partial charge in [-0.3, -0.25) is 4.79 Å². The zero-order chi connectivity index (χ0) is 33.4. The smallest absolute Gasteiger partial charge is 0.399 e. The van der Waals surface area contributed by atoms with Gasteiger partial charge in [-0.25, -0.2) is 18.2 Å². The molecule has 3 aromatic carbocycles. The molecule has 0 radical (unpaired) electrons. The van der Waals surface area contributed by atoms with E-state index < -0.39 is 50.6 Å². The van der Waals surface area contributed by atoms with Crippen LogP contribution < -0.4 is 11.5 Å². The molecular weight excluding hydrogens is 626 g/mol. The summed E-state index contributed by atoms with van der Waals surface area (Å²) in [6.45, 7) is 3.30. The maximum Gasteiger partial charge on any atom is 0.417 e. The monoisotopic (exact) mass is 656 g/mol. The van der Waals surface area contributed by atoms with Gasteiger partial charge in [0.25, 0.3) is 0 Å². The van der Waals surface area contributed by atoms with E-state index in [9.17, 15) is 39.6 Å². The van der Waals surface area contributed by atoms with Crippen LogP contribution in [0.3, 0.4) is 0 Å². The van der Waals surface area contributed by atoms with E-state index in [1.54, 1.807) is 38.1 Å². The number of anilines is 2. The molecular formula is C31H30F6N2O5S. The number of nitrogens with two attached hydrogens (primary N) is 2. The first-order chi connectivity index (χ1) is 20.8. The molecule has 45 heavy (non-hydrogen) atoms. The van der Waals surface area contributed by atoms with Crippen molar-refractivity contribution >= 4 is 33.1 Å². The average molecular weight is 657 g/mol. The molecule has 1 saturated heterocycles. The Morgan fingerprint density at radius 1 is 0.867 bits per heavy atom. The lowest BCUT2D eigenvalue weighted by Crippen LogP contribution is -2.52. The van der Waals surface area contributed by atoms with Crippen LogP contribution in [0.5, 0.6) is 0 Å². The van der Waals surface area contributed by atoms with Crippen molar-refractivity contribution in [3.8, 4) is 0 Å². The SMILES string of the molecule is C[C@@H]1C(=O)C[C@H]2C[C@@H]1OO[C@@]2(C)/C=C\c1ccc(C(F)(F)F)cc1C(F)(F)F.Nc1ccc(S(=O)(=O)c2ccc(N)cc2)cc1. The number of carbonyl (C=O) groups is 1. The number of benzene rings is 3. The lowest BCUT2D eigenvalue weighted by molar-refractivity contribution is -0.415. The van der Waals surface area contributed by atoms with Crippen LogP contribution in [-0.4, -0.2) is 25.9 Å². The molecule has 1 heterocycles. The van der Waals surface area contributed by atoms with Crippen LogP contribution in [0, 0.1) is 11.8 Å². The Labute approximate surface area is 255 Å². The van der Waals surface area contributed by atoms with Crippen molar-refractivity contribution in [2.24, 2.45) is 11.8 Å². The summed E-state index contributed by atoms with van der Waals surface area (Å²) in [6, 6.07) is 13.6. The fourth-order valence-corrected chi connectivity index (χ4v) is 6.23. The number of sulfone groups is 1. The van der Waals surface area contributed by atoms with Crippen LogP contribution >= 0.6 is 0 Å². The van der Waals surface area contributed by atoms with E-state index in [0.29, 0.717) is 23.9 Å². The molecule has 1 saturated carbocycles. The molecule has 2 aliphatic rings. The first-order valence-corrected chi connectivity index (χ1v) is 15.1. The van der Waals surface area contributed by atoms with Gasteiger partial charge in [0.05, 0.1) is 20.9 Å². The molecule has 4 atom stereocenters. The van der Waals surface area contributed by atoms with Gasteiger partial charge in [0, 0.05) is 29.6 Å². The molecule has 1 aliphatic heterocycles. The number of hydrogen-bond donors (Lipinski definition) is 2. The fourth-order valence-electron chi connectivity index (χ4n) is 4.97. The van der Waals surface area contributed by atoms with Gasteiger partial charge in [-0.05, 0) is 85.6 Å². The van der Waals surface area contributed by atoms with E-state index in [1.165, 1.54) is 30.3 Å². The molecule has 14 heteroatoms. The molecule has 0 spiro atoms. The van der Waals surface area contributed by atoms with E-state index in [-0.39, 0.29) is 39.9 Å². The molecule has 4 N–H and O–H groups in total. The minimum absolute atomic E-state index is 0.0188. The summed E-state index contributed by atoms with van der Waals surface area (Å²) in [5.41, 5.74) is 7.72.